The van der Waals surface area contributed by atoms with Crippen LogP contribution >= 0.6 is 11.6 Å². The summed E-state index contributed by atoms with van der Waals surface area (Å²) in [6.07, 6.45) is 0.963. The molecule has 26 heavy (non-hydrogen) atoms. The highest BCUT2D eigenvalue weighted by atomic mass is 35.5. The number of Topliss-reactive ketones (excluding diaryl/α,β-unsaturated/α-hetero) is 1. The number of ether oxygens (including phenoxy) is 2. The highest BCUT2D eigenvalue weighted by molar-refractivity contribution is 6.30. The van der Waals surface area contributed by atoms with Crippen molar-refractivity contribution in [2.75, 3.05) is 6.61 Å². The van der Waals surface area contributed by atoms with E-state index in [9.17, 15) is 9.59 Å². The molecule has 0 saturated heterocycles. The van der Waals surface area contributed by atoms with Gasteiger partial charge in [0.15, 0.2) is 5.78 Å². The average molecular weight is 376 g/mol. The van der Waals surface area contributed by atoms with Gasteiger partial charge in [-0.1, -0.05) is 37.6 Å². The molecule has 0 saturated carbocycles. The van der Waals surface area contributed by atoms with E-state index in [4.69, 9.17) is 26.8 Å². The molecule has 1 unspecified atom stereocenters. The number of carbonyl (C=O) groups is 2. The normalized spacial score (nSPS) is 22.0. The Balaban J connectivity index is 2.17. The first-order valence-electron chi connectivity index (χ1n) is 8.60. The molecule has 0 fully saturated rings. The van der Waals surface area contributed by atoms with Gasteiger partial charge in [-0.2, -0.15) is 0 Å². The van der Waals surface area contributed by atoms with Gasteiger partial charge in [-0.15, -0.1) is 0 Å². The van der Waals surface area contributed by atoms with Crippen LogP contribution in [0.1, 0.15) is 45.1 Å². The number of allylic oxidation sites excluding steroid dienone is 2. The third kappa shape index (κ3) is 3.36. The van der Waals surface area contributed by atoms with Crippen molar-refractivity contribution in [3.63, 3.8) is 0 Å². The van der Waals surface area contributed by atoms with Gasteiger partial charge in [0.05, 0.1) is 12.5 Å². The Kier molecular flexibility index (Phi) is 4.84. The number of hydrogen-bond donors (Lipinski definition) is 1. The van der Waals surface area contributed by atoms with E-state index in [2.05, 4.69) is 0 Å². The summed E-state index contributed by atoms with van der Waals surface area (Å²) >= 11 is 6.00. The molecule has 0 bridgehead atoms. The summed E-state index contributed by atoms with van der Waals surface area (Å²) in [4.78, 5) is 25.5. The van der Waals surface area contributed by atoms with Crippen LogP contribution in [0.5, 0.6) is 0 Å². The van der Waals surface area contributed by atoms with Crippen molar-refractivity contribution in [2.45, 2.75) is 39.5 Å². The molecule has 1 aliphatic carbocycles. The zero-order valence-corrected chi connectivity index (χ0v) is 15.9. The van der Waals surface area contributed by atoms with Crippen LogP contribution in [0.3, 0.4) is 0 Å². The summed E-state index contributed by atoms with van der Waals surface area (Å²) in [5.74, 6) is -0.692. The molecule has 5 nitrogen and oxygen atoms in total. The van der Waals surface area contributed by atoms with E-state index in [0.717, 1.165) is 5.56 Å². The minimum atomic E-state index is -0.612. The first kappa shape index (κ1) is 18.5. The lowest BCUT2D eigenvalue weighted by atomic mass is 9.70. The molecule has 0 spiro atoms. The Morgan fingerprint density at radius 1 is 1.31 bits per heavy atom. The van der Waals surface area contributed by atoms with Crippen molar-refractivity contribution >= 4 is 23.4 Å². The van der Waals surface area contributed by atoms with Gasteiger partial charge in [-0.25, -0.2) is 4.79 Å². The van der Waals surface area contributed by atoms with Crippen LogP contribution in [0.2, 0.25) is 5.02 Å². The van der Waals surface area contributed by atoms with Gasteiger partial charge in [-0.3, -0.25) is 4.79 Å². The molecule has 0 aromatic heterocycles. The SMILES string of the molecule is CCOC(=O)C1=C(N)OC2=C(C(=O)CC(C)(C)C2)C1c1ccc(Cl)cc1. The fourth-order valence-corrected chi connectivity index (χ4v) is 3.71. The molecule has 1 aromatic carbocycles. The minimum Gasteiger partial charge on any atom is -0.462 e. The minimum absolute atomic E-state index is 0.00681. The zero-order valence-electron chi connectivity index (χ0n) is 15.1. The van der Waals surface area contributed by atoms with Gasteiger partial charge in [0.2, 0.25) is 5.88 Å². The second-order valence-electron chi connectivity index (χ2n) is 7.36. The molecule has 3 rings (SSSR count). The van der Waals surface area contributed by atoms with Crippen molar-refractivity contribution in [1.29, 1.82) is 0 Å². The molecule has 2 N–H and O–H groups in total. The monoisotopic (exact) mass is 375 g/mol. The summed E-state index contributed by atoms with van der Waals surface area (Å²) in [6.45, 7) is 5.94. The molecule has 0 amide bonds. The number of esters is 1. The van der Waals surface area contributed by atoms with E-state index >= 15 is 0 Å². The lowest BCUT2D eigenvalue weighted by Crippen LogP contribution is -2.35. The van der Waals surface area contributed by atoms with Crippen LogP contribution in [0.25, 0.3) is 0 Å². The Labute approximate surface area is 157 Å². The molecular weight excluding hydrogens is 354 g/mol. The van der Waals surface area contributed by atoms with Gasteiger partial charge in [0.25, 0.3) is 0 Å². The molecule has 1 atom stereocenters. The molecule has 6 heteroatoms. The summed E-state index contributed by atoms with van der Waals surface area (Å²) in [5.41, 5.74) is 7.29. The van der Waals surface area contributed by atoms with E-state index in [1.165, 1.54) is 0 Å². The van der Waals surface area contributed by atoms with Crippen LogP contribution in [0, 0.1) is 5.41 Å². The Morgan fingerprint density at radius 2 is 1.96 bits per heavy atom. The summed E-state index contributed by atoms with van der Waals surface area (Å²) < 4.78 is 10.9. The maximum atomic E-state index is 12.9. The average Bonchev–Trinajstić information content (AvgIpc) is 2.53. The number of benzene rings is 1. The van der Waals surface area contributed by atoms with Gasteiger partial charge in [0, 0.05) is 23.4 Å². The largest absolute Gasteiger partial charge is 0.462 e. The molecule has 0 radical (unpaired) electrons. The smallest absolute Gasteiger partial charge is 0.340 e. The summed E-state index contributed by atoms with van der Waals surface area (Å²) in [6, 6.07) is 7.04. The maximum absolute atomic E-state index is 12.9. The number of carbonyl (C=O) groups excluding carboxylic acids is 2. The van der Waals surface area contributed by atoms with Crippen LogP contribution in [-0.2, 0) is 19.1 Å². The molecule has 1 aliphatic heterocycles. The van der Waals surface area contributed by atoms with Crippen molar-refractivity contribution in [3.05, 3.63) is 57.6 Å². The van der Waals surface area contributed by atoms with Gasteiger partial charge < -0.3 is 15.2 Å². The number of nitrogens with two attached hydrogens (primary N) is 1. The van der Waals surface area contributed by atoms with Crippen LogP contribution in [0.15, 0.2) is 47.1 Å². The predicted octanol–water partition coefficient (Wildman–Crippen LogP) is 3.83. The van der Waals surface area contributed by atoms with E-state index in [1.807, 2.05) is 13.8 Å². The number of rotatable bonds is 3. The fourth-order valence-electron chi connectivity index (χ4n) is 3.58. The second kappa shape index (κ2) is 6.80. The first-order valence-corrected chi connectivity index (χ1v) is 8.97. The maximum Gasteiger partial charge on any atom is 0.340 e. The van der Waals surface area contributed by atoms with E-state index in [0.29, 0.717) is 29.2 Å². The third-order valence-corrected chi connectivity index (χ3v) is 4.91. The molecule has 1 aromatic rings. The van der Waals surface area contributed by atoms with E-state index in [1.54, 1.807) is 31.2 Å². The lowest BCUT2D eigenvalue weighted by Gasteiger charge is -2.37. The standard InChI is InChI=1S/C20H22ClNO4/c1-4-25-19(24)17-15(11-5-7-12(21)8-6-11)16-13(23)9-20(2,3)10-14(16)26-18(17)22/h5-8,15H,4,9-10,22H2,1-3H3. The fraction of sp³-hybridized carbons (Fsp3) is 0.400. The Morgan fingerprint density at radius 3 is 2.58 bits per heavy atom. The van der Waals surface area contributed by atoms with Gasteiger partial charge >= 0.3 is 5.97 Å². The molecule has 1 heterocycles. The van der Waals surface area contributed by atoms with Crippen molar-refractivity contribution in [2.24, 2.45) is 11.1 Å². The molecular formula is C20H22ClNO4. The summed E-state index contributed by atoms with van der Waals surface area (Å²) in [5, 5.41) is 0.570. The first-order chi connectivity index (χ1) is 12.2. The number of hydrogen-bond acceptors (Lipinski definition) is 5. The third-order valence-electron chi connectivity index (χ3n) is 4.65. The lowest BCUT2D eigenvalue weighted by molar-refractivity contribution is -0.139. The van der Waals surface area contributed by atoms with Crippen molar-refractivity contribution in [3.8, 4) is 0 Å². The Hall–Kier alpha value is -2.27. The summed E-state index contributed by atoms with van der Waals surface area (Å²) in [7, 11) is 0. The van der Waals surface area contributed by atoms with E-state index in [-0.39, 0.29) is 29.3 Å². The zero-order chi connectivity index (χ0) is 19.1. The quantitative estimate of drug-likeness (QED) is 0.812. The topological polar surface area (TPSA) is 78.6 Å². The molecule has 138 valence electrons. The van der Waals surface area contributed by atoms with Crippen LogP contribution in [0.4, 0.5) is 0 Å². The Bertz CT molecular complexity index is 821. The predicted molar refractivity (Wildman–Crippen MR) is 98.2 cm³/mol. The number of ketones is 1. The van der Waals surface area contributed by atoms with Crippen LogP contribution in [-0.4, -0.2) is 18.4 Å². The highest BCUT2D eigenvalue weighted by Crippen LogP contribution is 2.48. The van der Waals surface area contributed by atoms with Crippen molar-refractivity contribution in [1.82, 2.24) is 0 Å². The second-order valence-corrected chi connectivity index (χ2v) is 7.80. The van der Waals surface area contributed by atoms with Gasteiger partial charge in [0.1, 0.15) is 11.3 Å². The number of halogens is 1. The highest BCUT2D eigenvalue weighted by Gasteiger charge is 2.44. The van der Waals surface area contributed by atoms with E-state index < -0.39 is 11.9 Å². The molecule has 2 aliphatic rings. The van der Waals surface area contributed by atoms with Crippen molar-refractivity contribution < 1.29 is 19.1 Å². The van der Waals surface area contributed by atoms with Gasteiger partial charge in [-0.05, 0) is 30.0 Å². The van der Waals surface area contributed by atoms with Crippen LogP contribution < -0.4 is 5.73 Å².